The smallest absolute Gasteiger partial charge is 0.225 e. The quantitative estimate of drug-likeness (QED) is 0.577. The second-order valence-electron chi connectivity index (χ2n) is 8.09. The highest BCUT2D eigenvalue weighted by Gasteiger charge is 2.27. The van der Waals surface area contributed by atoms with Crippen LogP contribution in [0.2, 0.25) is 0 Å². The van der Waals surface area contributed by atoms with Gasteiger partial charge in [0.05, 0.1) is 24.5 Å². The summed E-state index contributed by atoms with van der Waals surface area (Å²) in [5.41, 5.74) is 1.85. The lowest BCUT2D eigenvalue weighted by Crippen LogP contribution is -2.39. The molecule has 0 saturated carbocycles. The number of nitrogens with one attached hydrogen (secondary N) is 3. The molecular formula is C21H27N7O2. The van der Waals surface area contributed by atoms with Crippen molar-refractivity contribution in [2.75, 3.05) is 25.0 Å². The number of fused-ring (bicyclic) bond motifs is 1. The van der Waals surface area contributed by atoms with Crippen LogP contribution in [0.1, 0.15) is 49.5 Å². The average Bonchev–Trinajstić information content (AvgIpc) is 3.54. The van der Waals surface area contributed by atoms with Gasteiger partial charge in [-0.25, -0.2) is 9.97 Å². The molecule has 5 heterocycles. The Bertz CT molecular complexity index is 986. The molecule has 9 nitrogen and oxygen atoms in total. The summed E-state index contributed by atoms with van der Waals surface area (Å²) in [4.78, 5) is 26.6. The maximum Gasteiger partial charge on any atom is 0.225 e. The molecule has 1 amide bonds. The Morgan fingerprint density at radius 3 is 2.93 bits per heavy atom. The van der Waals surface area contributed by atoms with Gasteiger partial charge in [-0.05, 0) is 37.8 Å². The minimum atomic E-state index is 0.121. The number of aromatic nitrogens is 5. The van der Waals surface area contributed by atoms with E-state index >= 15 is 0 Å². The Hall–Kier alpha value is -2.94. The fourth-order valence-corrected chi connectivity index (χ4v) is 4.40. The molecule has 0 radical (unpaired) electrons. The number of imidazole rings is 1. The molecular weight excluding hydrogens is 382 g/mol. The van der Waals surface area contributed by atoms with E-state index in [1.165, 1.54) is 0 Å². The van der Waals surface area contributed by atoms with Gasteiger partial charge in [0.15, 0.2) is 11.5 Å². The van der Waals surface area contributed by atoms with Gasteiger partial charge in [-0.1, -0.05) is 0 Å². The Labute approximate surface area is 174 Å². The molecule has 0 bridgehead atoms. The summed E-state index contributed by atoms with van der Waals surface area (Å²) in [5, 5.41) is 11.6. The molecule has 3 aromatic rings. The van der Waals surface area contributed by atoms with Crippen LogP contribution in [0, 0.1) is 0 Å². The van der Waals surface area contributed by atoms with Crippen LogP contribution in [0.4, 0.5) is 5.82 Å². The SMILES string of the molecule is O=C(C[C@H]1CCCO1)N1CCC(c2ccc3c(NCc4ncc[nH]4)n[nH]c3n2)CC1. The largest absolute Gasteiger partial charge is 0.378 e. The van der Waals surface area contributed by atoms with Crippen molar-refractivity contribution in [1.29, 1.82) is 0 Å². The van der Waals surface area contributed by atoms with Crippen LogP contribution in [0.15, 0.2) is 24.5 Å². The molecule has 30 heavy (non-hydrogen) atoms. The van der Waals surface area contributed by atoms with Gasteiger partial charge in [-0.3, -0.25) is 9.89 Å². The Kier molecular flexibility index (Phi) is 5.35. The molecule has 0 spiro atoms. The molecule has 2 aliphatic heterocycles. The second-order valence-corrected chi connectivity index (χ2v) is 8.09. The molecule has 1 atom stereocenters. The Morgan fingerprint density at radius 2 is 2.17 bits per heavy atom. The fourth-order valence-electron chi connectivity index (χ4n) is 4.40. The van der Waals surface area contributed by atoms with Crippen molar-refractivity contribution < 1.29 is 9.53 Å². The zero-order valence-corrected chi connectivity index (χ0v) is 16.9. The van der Waals surface area contributed by atoms with E-state index < -0.39 is 0 Å². The molecule has 2 fully saturated rings. The highest BCUT2D eigenvalue weighted by molar-refractivity contribution is 5.87. The molecule has 2 aliphatic rings. The maximum absolute atomic E-state index is 12.5. The number of piperidine rings is 1. The Balaban J connectivity index is 1.19. The number of anilines is 1. The van der Waals surface area contributed by atoms with E-state index in [9.17, 15) is 4.79 Å². The molecule has 3 N–H and O–H groups in total. The lowest BCUT2D eigenvalue weighted by Gasteiger charge is -2.32. The summed E-state index contributed by atoms with van der Waals surface area (Å²) in [6.45, 7) is 2.94. The van der Waals surface area contributed by atoms with E-state index in [1.807, 2.05) is 4.90 Å². The van der Waals surface area contributed by atoms with Crippen molar-refractivity contribution in [3.8, 4) is 0 Å². The molecule has 2 saturated heterocycles. The number of nitrogens with zero attached hydrogens (tertiary/aromatic N) is 4. The van der Waals surface area contributed by atoms with Crippen LogP contribution < -0.4 is 5.32 Å². The zero-order chi connectivity index (χ0) is 20.3. The average molecular weight is 409 g/mol. The predicted molar refractivity (Wildman–Crippen MR) is 112 cm³/mol. The first kappa shape index (κ1) is 19.0. The van der Waals surface area contributed by atoms with Gasteiger partial charge in [0.25, 0.3) is 0 Å². The number of likely N-dealkylation sites (tertiary alicyclic amines) is 1. The molecule has 5 rings (SSSR count). The summed E-state index contributed by atoms with van der Waals surface area (Å²) in [6, 6.07) is 4.16. The van der Waals surface area contributed by atoms with E-state index in [4.69, 9.17) is 9.72 Å². The third kappa shape index (κ3) is 4.02. The number of ether oxygens (including phenoxy) is 1. The second kappa shape index (κ2) is 8.43. The van der Waals surface area contributed by atoms with E-state index in [2.05, 4.69) is 37.6 Å². The Morgan fingerprint density at radius 1 is 1.27 bits per heavy atom. The third-order valence-corrected chi connectivity index (χ3v) is 6.12. The van der Waals surface area contributed by atoms with Crippen molar-refractivity contribution in [2.24, 2.45) is 0 Å². The predicted octanol–water partition coefficient (Wildman–Crippen LogP) is 2.57. The van der Waals surface area contributed by atoms with Gasteiger partial charge in [0, 0.05) is 43.7 Å². The van der Waals surface area contributed by atoms with Crippen LogP contribution in [0.3, 0.4) is 0 Å². The van der Waals surface area contributed by atoms with Gasteiger partial charge in [0.2, 0.25) is 5.91 Å². The lowest BCUT2D eigenvalue weighted by atomic mass is 9.92. The van der Waals surface area contributed by atoms with E-state index in [0.29, 0.717) is 18.9 Å². The number of rotatable bonds is 6. The van der Waals surface area contributed by atoms with Gasteiger partial charge in [-0.2, -0.15) is 5.10 Å². The first-order valence-corrected chi connectivity index (χ1v) is 10.7. The number of aromatic amines is 2. The molecule has 9 heteroatoms. The van der Waals surface area contributed by atoms with Crippen molar-refractivity contribution in [2.45, 2.75) is 50.7 Å². The summed E-state index contributed by atoms with van der Waals surface area (Å²) in [7, 11) is 0. The highest BCUT2D eigenvalue weighted by Crippen LogP contribution is 2.30. The summed E-state index contributed by atoms with van der Waals surface area (Å²) in [5.74, 6) is 2.22. The minimum absolute atomic E-state index is 0.121. The first-order chi connectivity index (χ1) is 14.8. The monoisotopic (exact) mass is 409 g/mol. The van der Waals surface area contributed by atoms with E-state index in [-0.39, 0.29) is 12.0 Å². The first-order valence-electron chi connectivity index (χ1n) is 10.7. The molecule has 0 aliphatic carbocycles. The van der Waals surface area contributed by atoms with Crippen LogP contribution in [-0.2, 0) is 16.1 Å². The van der Waals surface area contributed by atoms with Crippen molar-refractivity contribution in [1.82, 2.24) is 30.0 Å². The van der Waals surface area contributed by atoms with Crippen LogP contribution in [0.5, 0.6) is 0 Å². The number of hydrogen-bond acceptors (Lipinski definition) is 6. The summed E-state index contributed by atoms with van der Waals surface area (Å²) >= 11 is 0. The number of carbonyl (C=O) groups excluding carboxylic acids is 1. The summed E-state index contributed by atoms with van der Waals surface area (Å²) in [6.07, 6.45) is 8.13. The van der Waals surface area contributed by atoms with Crippen molar-refractivity contribution in [3.05, 3.63) is 36.0 Å². The number of H-pyrrole nitrogens is 2. The molecule has 0 aromatic carbocycles. The van der Waals surface area contributed by atoms with Gasteiger partial charge in [0.1, 0.15) is 5.82 Å². The normalized spacial score (nSPS) is 20.1. The topological polar surface area (TPSA) is 112 Å². The standard InChI is InChI=1S/C21H27N7O2/c29-19(12-15-2-1-11-30-15)28-9-5-14(6-10-28)17-4-3-16-20(26-27-21(16)25-17)24-13-18-22-7-8-23-18/h3-4,7-8,14-15H,1-2,5-6,9-13H2,(H,22,23)(H2,24,25,26,27)/t15-/m1/s1. The van der Waals surface area contributed by atoms with Crippen molar-refractivity contribution >= 4 is 22.8 Å². The van der Waals surface area contributed by atoms with Crippen LogP contribution >= 0.6 is 0 Å². The minimum Gasteiger partial charge on any atom is -0.378 e. The van der Waals surface area contributed by atoms with Gasteiger partial charge in [-0.15, -0.1) is 0 Å². The lowest BCUT2D eigenvalue weighted by molar-refractivity contribution is -0.134. The van der Waals surface area contributed by atoms with E-state index in [0.717, 1.165) is 73.7 Å². The maximum atomic E-state index is 12.5. The number of carbonyl (C=O) groups is 1. The molecule has 158 valence electrons. The van der Waals surface area contributed by atoms with E-state index in [1.54, 1.807) is 12.4 Å². The summed E-state index contributed by atoms with van der Waals surface area (Å²) < 4.78 is 5.61. The van der Waals surface area contributed by atoms with Crippen LogP contribution in [-0.4, -0.2) is 61.8 Å². The fraction of sp³-hybridized carbons (Fsp3) is 0.524. The van der Waals surface area contributed by atoms with Crippen molar-refractivity contribution in [3.63, 3.8) is 0 Å². The number of pyridine rings is 1. The highest BCUT2D eigenvalue weighted by atomic mass is 16.5. The van der Waals surface area contributed by atoms with Gasteiger partial charge < -0.3 is 19.9 Å². The molecule has 0 unspecified atom stereocenters. The zero-order valence-electron chi connectivity index (χ0n) is 16.9. The van der Waals surface area contributed by atoms with Gasteiger partial charge >= 0.3 is 0 Å². The third-order valence-electron chi connectivity index (χ3n) is 6.12. The van der Waals surface area contributed by atoms with Crippen LogP contribution in [0.25, 0.3) is 11.0 Å². The molecule has 3 aromatic heterocycles. The number of amides is 1. The number of hydrogen-bond donors (Lipinski definition) is 3.